The summed E-state index contributed by atoms with van der Waals surface area (Å²) in [4.78, 5) is 20.4. The van der Waals surface area contributed by atoms with Gasteiger partial charge in [-0.05, 0) is 18.2 Å². The molecule has 1 N–H and O–H groups in total. The lowest BCUT2D eigenvalue weighted by Crippen LogP contribution is -2.24. The largest absolute Gasteiger partial charge is 0.468 e. The number of nitrogens with zero attached hydrogens (tertiary/aromatic N) is 3. The normalized spacial score (nSPS) is 11.8. The number of aromatic nitrogens is 2. The summed E-state index contributed by atoms with van der Waals surface area (Å²) >= 11 is 1.18. The molecule has 170 valence electrons. The molecular weight excluding hydrogens is 469 g/mol. The number of alkyl halides is 3. The summed E-state index contributed by atoms with van der Waals surface area (Å²) in [7, 11) is -1.92. The van der Waals surface area contributed by atoms with E-state index < -0.39 is 28.7 Å². The highest BCUT2D eigenvalue weighted by Gasteiger charge is 2.28. The molecule has 0 saturated carbocycles. The number of nitrogens with one attached hydrogen (secondary N) is 1. The van der Waals surface area contributed by atoms with Crippen molar-refractivity contribution < 1.29 is 31.1 Å². The maximum absolute atomic E-state index is 12.3. The van der Waals surface area contributed by atoms with Gasteiger partial charge in [0, 0.05) is 30.3 Å². The molecule has 0 saturated heterocycles. The lowest BCUT2D eigenvalue weighted by Gasteiger charge is -2.16. The van der Waals surface area contributed by atoms with Crippen LogP contribution in [0.4, 0.5) is 24.0 Å². The van der Waals surface area contributed by atoms with Gasteiger partial charge in [-0.25, -0.2) is 18.4 Å². The van der Waals surface area contributed by atoms with E-state index in [0.29, 0.717) is 16.5 Å². The van der Waals surface area contributed by atoms with Crippen LogP contribution in [0.3, 0.4) is 0 Å². The number of benzene rings is 1. The van der Waals surface area contributed by atoms with E-state index in [1.54, 1.807) is 29.6 Å². The Morgan fingerprint density at radius 1 is 1.19 bits per heavy atom. The summed E-state index contributed by atoms with van der Waals surface area (Å²) in [5.74, 6) is -0.786. The monoisotopic (exact) mass is 486 g/mol. The number of hydrogen-bond acceptors (Lipinski definition) is 7. The summed E-state index contributed by atoms with van der Waals surface area (Å²) in [5.41, 5.74) is 1.91. The van der Waals surface area contributed by atoms with Gasteiger partial charge in [0.2, 0.25) is 15.9 Å². The number of rotatable bonds is 7. The Kier molecular flexibility index (Phi) is 6.69. The third-order valence-corrected chi connectivity index (χ3v) is 6.09. The molecule has 2 aromatic heterocycles. The minimum Gasteiger partial charge on any atom is -0.468 e. The van der Waals surface area contributed by atoms with Gasteiger partial charge in [0.15, 0.2) is 11.7 Å². The fourth-order valence-electron chi connectivity index (χ4n) is 2.42. The number of amides is 1. The van der Waals surface area contributed by atoms with Gasteiger partial charge in [-0.2, -0.15) is 13.2 Å². The molecular formula is C19H17F3N4O4S2. The Bertz CT molecular complexity index is 1190. The van der Waals surface area contributed by atoms with Gasteiger partial charge >= 0.3 is 6.18 Å². The molecule has 0 aliphatic rings. The maximum atomic E-state index is 12.3. The highest BCUT2D eigenvalue weighted by molar-refractivity contribution is 7.92. The van der Waals surface area contributed by atoms with Crippen molar-refractivity contribution in [3.8, 4) is 17.1 Å². The number of halogens is 3. The number of carbonyl (C=O) groups is 1. The molecule has 3 rings (SSSR count). The second-order valence-corrected chi connectivity index (χ2v) is 9.43. The fraction of sp³-hybridized carbons (Fsp3) is 0.211. The SMILES string of the molecule is CN(c1ccc(-c2csc(NC(=O)c3ccc(OCC(F)(F)F)nc3)n2)cc1)S(C)(=O)=O. The standard InChI is InChI=1S/C19H17F3N4O4S2/c1-26(32(2,28)29)14-6-3-12(4-7-14)15-10-31-18(24-15)25-17(27)13-5-8-16(23-9-13)30-11-19(20,21)22/h3-10H,11H2,1-2H3,(H,24,25,27). The third kappa shape index (κ3) is 6.17. The number of hydrogen-bond donors (Lipinski definition) is 1. The van der Waals surface area contributed by atoms with Crippen LogP contribution in [-0.4, -0.2) is 50.4 Å². The van der Waals surface area contributed by atoms with Crippen molar-refractivity contribution >= 4 is 38.1 Å². The summed E-state index contributed by atoms with van der Waals surface area (Å²) in [6.45, 7) is -1.47. The van der Waals surface area contributed by atoms with Crippen LogP contribution in [-0.2, 0) is 10.0 Å². The molecule has 8 nitrogen and oxygen atoms in total. The van der Waals surface area contributed by atoms with Crippen molar-refractivity contribution in [2.24, 2.45) is 0 Å². The molecule has 3 aromatic rings. The van der Waals surface area contributed by atoms with E-state index in [1.807, 2.05) is 0 Å². The summed E-state index contributed by atoms with van der Waals surface area (Å²) < 4.78 is 65.4. The second kappa shape index (κ2) is 9.12. The lowest BCUT2D eigenvalue weighted by atomic mass is 10.1. The van der Waals surface area contributed by atoms with E-state index in [2.05, 4.69) is 20.0 Å². The summed E-state index contributed by atoms with van der Waals surface area (Å²) in [6, 6.07) is 9.16. The Hall–Kier alpha value is -3.19. The van der Waals surface area contributed by atoms with E-state index in [0.717, 1.165) is 22.3 Å². The van der Waals surface area contributed by atoms with Crippen LogP contribution in [0.5, 0.6) is 5.88 Å². The predicted molar refractivity (Wildman–Crippen MR) is 115 cm³/mol. The molecule has 0 aliphatic heterocycles. The number of thiazole rings is 1. The number of pyridine rings is 1. The van der Waals surface area contributed by atoms with Crippen LogP contribution in [0.15, 0.2) is 48.0 Å². The molecule has 1 amide bonds. The minimum atomic E-state index is -4.48. The smallest absolute Gasteiger partial charge is 0.422 e. The lowest BCUT2D eigenvalue weighted by molar-refractivity contribution is -0.154. The molecule has 0 atom stereocenters. The molecule has 0 unspecified atom stereocenters. The number of anilines is 2. The van der Waals surface area contributed by atoms with E-state index >= 15 is 0 Å². The van der Waals surface area contributed by atoms with E-state index in [1.165, 1.54) is 30.5 Å². The molecule has 0 aliphatic carbocycles. The average Bonchev–Trinajstić information content (AvgIpc) is 3.19. The minimum absolute atomic E-state index is 0.120. The van der Waals surface area contributed by atoms with Crippen molar-refractivity contribution in [2.75, 3.05) is 29.5 Å². The molecule has 13 heteroatoms. The van der Waals surface area contributed by atoms with Gasteiger partial charge in [0.05, 0.1) is 23.2 Å². The van der Waals surface area contributed by atoms with Crippen molar-refractivity contribution in [3.05, 3.63) is 53.5 Å². The van der Waals surface area contributed by atoms with Crippen molar-refractivity contribution in [1.82, 2.24) is 9.97 Å². The summed E-state index contributed by atoms with van der Waals surface area (Å²) in [6.07, 6.45) is -2.27. The van der Waals surface area contributed by atoms with Crippen molar-refractivity contribution in [3.63, 3.8) is 0 Å². The first-order chi connectivity index (χ1) is 14.9. The van der Waals surface area contributed by atoms with Crippen LogP contribution in [0, 0.1) is 0 Å². The van der Waals surface area contributed by atoms with E-state index in [-0.39, 0.29) is 11.4 Å². The number of carbonyl (C=O) groups excluding carboxylic acids is 1. The number of ether oxygens (including phenoxy) is 1. The Labute approximate surface area is 185 Å². The van der Waals surface area contributed by atoms with Crippen LogP contribution in [0.25, 0.3) is 11.3 Å². The number of sulfonamides is 1. The zero-order chi connectivity index (χ0) is 23.5. The highest BCUT2D eigenvalue weighted by Crippen LogP contribution is 2.27. The Morgan fingerprint density at radius 3 is 2.44 bits per heavy atom. The average molecular weight is 486 g/mol. The third-order valence-electron chi connectivity index (χ3n) is 4.13. The predicted octanol–water partition coefficient (Wildman–Crippen LogP) is 3.79. The zero-order valence-electron chi connectivity index (χ0n) is 16.8. The Balaban J connectivity index is 1.64. The maximum Gasteiger partial charge on any atom is 0.422 e. The quantitative estimate of drug-likeness (QED) is 0.545. The fourth-order valence-corrected chi connectivity index (χ4v) is 3.64. The van der Waals surface area contributed by atoms with Crippen LogP contribution >= 0.6 is 11.3 Å². The van der Waals surface area contributed by atoms with Gasteiger partial charge in [-0.3, -0.25) is 14.4 Å². The molecule has 0 bridgehead atoms. The van der Waals surface area contributed by atoms with Gasteiger partial charge in [-0.15, -0.1) is 11.3 Å². The molecule has 32 heavy (non-hydrogen) atoms. The molecule has 0 radical (unpaired) electrons. The van der Waals surface area contributed by atoms with Crippen LogP contribution in [0.1, 0.15) is 10.4 Å². The molecule has 0 fully saturated rings. The second-order valence-electron chi connectivity index (χ2n) is 6.56. The first-order valence-corrected chi connectivity index (χ1v) is 11.6. The summed E-state index contributed by atoms with van der Waals surface area (Å²) in [5, 5.41) is 4.62. The first kappa shape index (κ1) is 23.5. The van der Waals surface area contributed by atoms with Crippen LogP contribution < -0.4 is 14.4 Å². The van der Waals surface area contributed by atoms with Gasteiger partial charge in [-0.1, -0.05) is 12.1 Å². The molecule has 0 spiro atoms. The zero-order valence-corrected chi connectivity index (χ0v) is 18.4. The first-order valence-electron chi connectivity index (χ1n) is 8.89. The molecule has 2 heterocycles. The van der Waals surface area contributed by atoms with Gasteiger partial charge < -0.3 is 4.74 Å². The topological polar surface area (TPSA) is 101 Å². The van der Waals surface area contributed by atoms with E-state index in [9.17, 15) is 26.4 Å². The van der Waals surface area contributed by atoms with Crippen molar-refractivity contribution in [1.29, 1.82) is 0 Å². The Morgan fingerprint density at radius 2 is 1.88 bits per heavy atom. The van der Waals surface area contributed by atoms with Crippen molar-refractivity contribution in [2.45, 2.75) is 6.18 Å². The highest BCUT2D eigenvalue weighted by atomic mass is 32.2. The molecule has 1 aromatic carbocycles. The van der Waals surface area contributed by atoms with Gasteiger partial charge in [0.25, 0.3) is 5.91 Å². The van der Waals surface area contributed by atoms with E-state index in [4.69, 9.17) is 0 Å². The van der Waals surface area contributed by atoms with Gasteiger partial charge in [0.1, 0.15) is 0 Å². The van der Waals surface area contributed by atoms with Crippen LogP contribution in [0.2, 0.25) is 0 Å².